The highest BCUT2D eigenvalue weighted by molar-refractivity contribution is 5.27. The van der Waals surface area contributed by atoms with Crippen LogP contribution >= 0.6 is 0 Å². The van der Waals surface area contributed by atoms with Gasteiger partial charge in [-0.1, -0.05) is 0 Å². The molecule has 86 valence electrons. The molecule has 1 aromatic heterocycles. The molecule has 2 aliphatic carbocycles. The molecule has 5 heteroatoms. The van der Waals surface area contributed by atoms with Crippen molar-refractivity contribution in [2.45, 2.75) is 50.2 Å². The van der Waals surface area contributed by atoms with E-state index in [2.05, 4.69) is 20.5 Å². The van der Waals surface area contributed by atoms with E-state index in [1.165, 1.54) is 12.8 Å². The van der Waals surface area contributed by atoms with Crippen LogP contribution < -0.4 is 5.32 Å². The Balaban J connectivity index is 1.71. The molecule has 1 aromatic rings. The van der Waals surface area contributed by atoms with E-state index >= 15 is 0 Å². The second-order valence-corrected chi connectivity index (χ2v) is 4.73. The van der Waals surface area contributed by atoms with Crippen molar-refractivity contribution >= 4 is 5.95 Å². The maximum atomic E-state index is 9.70. The molecule has 16 heavy (non-hydrogen) atoms. The second kappa shape index (κ2) is 3.97. The Hall–Kier alpha value is -1.23. The van der Waals surface area contributed by atoms with Gasteiger partial charge < -0.3 is 10.4 Å². The zero-order chi connectivity index (χ0) is 11.0. The summed E-state index contributed by atoms with van der Waals surface area (Å²) >= 11 is 0. The fourth-order valence-electron chi connectivity index (χ4n) is 2.23. The van der Waals surface area contributed by atoms with Crippen molar-refractivity contribution < 1.29 is 5.11 Å². The molecular weight excluding hydrogens is 204 g/mol. The van der Waals surface area contributed by atoms with Crippen LogP contribution in [0.15, 0.2) is 6.20 Å². The molecule has 0 amide bonds. The molecule has 2 atom stereocenters. The van der Waals surface area contributed by atoms with E-state index in [9.17, 15) is 5.11 Å². The Morgan fingerprint density at radius 2 is 2.12 bits per heavy atom. The Kier molecular flexibility index (Phi) is 2.47. The third-order valence-corrected chi connectivity index (χ3v) is 3.37. The van der Waals surface area contributed by atoms with E-state index in [0.29, 0.717) is 11.9 Å². The van der Waals surface area contributed by atoms with E-state index in [1.54, 1.807) is 6.20 Å². The van der Waals surface area contributed by atoms with Crippen LogP contribution in [0.2, 0.25) is 0 Å². The summed E-state index contributed by atoms with van der Waals surface area (Å²) < 4.78 is 0. The molecule has 0 aromatic carbocycles. The quantitative estimate of drug-likeness (QED) is 0.797. The first-order chi connectivity index (χ1) is 7.83. The van der Waals surface area contributed by atoms with Gasteiger partial charge >= 0.3 is 0 Å². The van der Waals surface area contributed by atoms with Crippen LogP contribution in [0, 0.1) is 0 Å². The summed E-state index contributed by atoms with van der Waals surface area (Å²) in [6.07, 6.45) is 6.82. The first kappa shape index (κ1) is 9.96. The second-order valence-electron chi connectivity index (χ2n) is 4.73. The molecule has 2 saturated carbocycles. The summed E-state index contributed by atoms with van der Waals surface area (Å²) in [6.45, 7) is 0. The normalized spacial score (nSPS) is 29.3. The zero-order valence-electron chi connectivity index (χ0n) is 9.13. The minimum Gasteiger partial charge on any atom is -0.391 e. The molecule has 1 heterocycles. The third kappa shape index (κ3) is 2.00. The summed E-state index contributed by atoms with van der Waals surface area (Å²) in [6, 6.07) is 0.0938. The number of hydrogen-bond acceptors (Lipinski definition) is 5. The van der Waals surface area contributed by atoms with Crippen molar-refractivity contribution in [2.24, 2.45) is 0 Å². The van der Waals surface area contributed by atoms with Crippen molar-refractivity contribution in [1.29, 1.82) is 0 Å². The minimum absolute atomic E-state index is 0.0938. The molecule has 2 fully saturated rings. The van der Waals surface area contributed by atoms with Crippen molar-refractivity contribution in [3.63, 3.8) is 0 Å². The Labute approximate surface area is 94.3 Å². The van der Waals surface area contributed by atoms with Crippen molar-refractivity contribution in [3.05, 3.63) is 11.9 Å². The molecular formula is C11H16N4O. The van der Waals surface area contributed by atoms with Gasteiger partial charge in [0.05, 0.1) is 24.0 Å². The molecule has 0 aliphatic heterocycles. The van der Waals surface area contributed by atoms with Gasteiger partial charge in [-0.25, -0.2) is 4.98 Å². The average Bonchev–Trinajstić information content (AvgIpc) is 3.06. The highest BCUT2D eigenvalue weighted by Crippen LogP contribution is 2.38. The molecule has 2 N–H and O–H groups in total. The highest BCUT2D eigenvalue weighted by Gasteiger charge is 2.28. The van der Waals surface area contributed by atoms with E-state index in [0.717, 1.165) is 25.0 Å². The highest BCUT2D eigenvalue weighted by atomic mass is 16.3. The lowest BCUT2D eigenvalue weighted by atomic mass is 10.2. The number of aromatic nitrogens is 3. The van der Waals surface area contributed by atoms with Gasteiger partial charge in [0.2, 0.25) is 5.95 Å². The van der Waals surface area contributed by atoms with Gasteiger partial charge in [0, 0.05) is 5.92 Å². The summed E-state index contributed by atoms with van der Waals surface area (Å²) in [5.41, 5.74) is 1.03. The molecule has 0 saturated heterocycles. The van der Waals surface area contributed by atoms with Gasteiger partial charge in [-0.3, -0.25) is 0 Å². The van der Waals surface area contributed by atoms with Crippen LogP contribution in [-0.4, -0.2) is 32.4 Å². The van der Waals surface area contributed by atoms with Gasteiger partial charge in [-0.05, 0) is 32.1 Å². The summed E-state index contributed by atoms with van der Waals surface area (Å²) in [7, 11) is 0. The minimum atomic E-state index is -0.270. The Morgan fingerprint density at radius 3 is 2.81 bits per heavy atom. The van der Waals surface area contributed by atoms with E-state index in [-0.39, 0.29) is 12.1 Å². The monoisotopic (exact) mass is 220 g/mol. The van der Waals surface area contributed by atoms with Crippen LogP contribution in [0.1, 0.15) is 43.7 Å². The van der Waals surface area contributed by atoms with Crippen molar-refractivity contribution in [3.8, 4) is 0 Å². The van der Waals surface area contributed by atoms with Crippen LogP contribution in [0.25, 0.3) is 0 Å². The maximum Gasteiger partial charge on any atom is 0.243 e. The number of aliphatic hydroxyl groups excluding tert-OH is 1. The molecule has 3 rings (SSSR count). The average molecular weight is 220 g/mol. The third-order valence-electron chi connectivity index (χ3n) is 3.37. The van der Waals surface area contributed by atoms with Crippen LogP contribution in [-0.2, 0) is 0 Å². The largest absolute Gasteiger partial charge is 0.391 e. The van der Waals surface area contributed by atoms with Crippen molar-refractivity contribution in [2.75, 3.05) is 5.32 Å². The Bertz CT molecular complexity index is 380. The molecule has 5 nitrogen and oxygen atoms in total. The zero-order valence-corrected chi connectivity index (χ0v) is 9.13. The lowest BCUT2D eigenvalue weighted by Crippen LogP contribution is -2.29. The van der Waals surface area contributed by atoms with Crippen LogP contribution in [0.4, 0.5) is 5.95 Å². The number of nitrogens with zero attached hydrogens (tertiary/aromatic N) is 3. The SMILES string of the molecule is O[C@@H]1CCC[C@H]1Nc1nncc(C2CC2)n1. The van der Waals surface area contributed by atoms with Gasteiger partial charge in [-0.15, -0.1) is 5.10 Å². The number of hydrogen-bond donors (Lipinski definition) is 2. The first-order valence-corrected chi connectivity index (χ1v) is 5.97. The van der Waals surface area contributed by atoms with Gasteiger partial charge in [0.1, 0.15) is 0 Å². The standard InChI is InChI=1S/C11H16N4O/c16-10-3-1-2-8(10)13-11-14-9(6-12-15-11)7-4-5-7/h6-8,10,16H,1-5H2,(H,13,14,15)/t8-,10-/m1/s1. The number of rotatable bonds is 3. The molecule has 0 spiro atoms. The molecule has 0 bridgehead atoms. The van der Waals surface area contributed by atoms with E-state index < -0.39 is 0 Å². The fraction of sp³-hybridized carbons (Fsp3) is 0.727. The molecule has 0 radical (unpaired) electrons. The van der Waals surface area contributed by atoms with E-state index in [1.807, 2.05) is 0 Å². The predicted octanol–water partition coefficient (Wildman–Crippen LogP) is 1.07. The van der Waals surface area contributed by atoms with Gasteiger partial charge in [0.25, 0.3) is 0 Å². The molecule has 0 unspecified atom stereocenters. The lowest BCUT2D eigenvalue weighted by molar-refractivity contribution is 0.171. The number of nitrogens with one attached hydrogen (secondary N) is 1. The first-order valence-electron chi connectivity index (χ1n) is 5.97. The summed E-state index contributed by atoms with van der Waals surface area (Å²) in [5.74, 6) is 1.15. The summed E-state index contributed by atoms with van der Waals surface area (Å²) in [4.78, 5) is 4.44. The van der Waals surface area contributed by atoms with E-state index in [4.69, 9.17) is 0 Å². The molecule has 2 aliphatic rings. The van der Waals surface area contributed by atoms with Crippen LogP contribution in [0.3, 0.4) is 0 Å². The smallest absolute Gasteiger partial charge is 0.243 e. The predicted molar refractivity (Wildman–Crippen MR) is 59.1 cm³/mol. The topological polar surface area (TPSA) is 70.9 Å². The van der Waals surface area contributed by atoms with Crippen LogP contribution in [0.5, 0.6) is 0 Å². The number of aliphatic hydroxyl groups is 1. The van der Waals surface area contributed by atoms with Gasteiger partial charge in [0.15, 0.2) is 0 Å². The Morgan fingerprint density at radius 1 is 1.25 bits per heavy atom. The summed E-state index contributed by atoms with van der Waals surface area (Å²) in [5, 5.41) is 20.8. The fourth-order valence-corrected chi connectivity index (χ4v) is 2.23. The van der Waals surface area contributed by atoms with Gasteiger partial charge in [-0.2, -0.15) is 5.10 Å². The lowest BCUT2D eigenvalue weighted by Gasteiger charge is -2.15. The number of anilines is 1. The maximum absolute atomic E-state index is 9.70. The van der Waals surface area contributed by atoms with Crippen molar-refractivity contribution in [1.82, 2.24) is 15.2 Å².